The lowest BCUT2D eigenvalue weighted by molar-refractivity contribution is -0.120. The maximum atomic E-state index is 11.1. The number of aromatic nitrogens is 1. The summed E-state index contributed by atoms with van der Waals surface area (Å²) in [6.07, 6.45) is 4.98. The van der Waals surface area contributed by atoms with Gasteiger partial charge in [-0.05, 0) is 30.4 Å². The second kappa shape index (κ2) is 4.22. The fraction of sp³-hybridized carbons (Fsp3) is 0.417. The van der Waals surface area contributed by atoms with E-state index in [0.29, 0.717) is 30.2 Å². The molecule has 0 radical (unpaired) electrons. The van der Waals surface area contributed by atoms with Gasteiger partial charge in [-0.3, -0.25) is 4.79 Å². The summed E-state index contributed by atoms with van der Waals surface area (Å²) >= 11 is 0. The Morgan fingerprint density at radius 2 is 2.07 bits per heavy atom. The van der Waals surface area contributed by atoms with E-state index in [1.807, 2.05) is 12.1 Å². The molecule has 0 atom stereocenters. The molecule has 76 valence electrons. The van der Waals surface area contributed by atoms with Gasteiger partial charge in [-0.15, -0.1) is 0 Å². The van der Waals surface area contributed by atoms with E-state index in [2.05, 4.69) is 4.98 Å². The number of hydrogen-bond donors (Lipinski definition) is 0. The van der Waals surface area contributed by atoms with Gasteiger partial charge in [-0.1, -0.05) is 6.07 Å². The lowest BCUT2D eigenvalue weighted by Gasteiger charge is -2.20. The summed E-state index contributed by atoms with van der Waals surface area (Å²) in [7, 11) is 0. The van der Waals surface area contributed by atoms with Crippen LogP contribution < -0.4 is 0 Å². The molecule has 2 rings (SSSR count). The maximum absolute atomic E-state index is 11.1. The van der Waals surface area contributed by atoms with Gasteiger partial charge >= 0.3 is 0 Å². The highest BCUT2D eigenvalue weighted by Crippen LogP contribution is 2.30. The van der Waals surface area contributed by atoms with E-state index in [-0.39, 0.29) is 0 Å². The topological polar surface area (TPSA) is 53.8 Å². The van der Waals surface area contributed by atoms with Crippen LogP contribution in [0.25, 0.3) is 0 Å². The highest BCUT2D eigenvalue weighted by molar-refractivity contribution is 5.79. The minimum atomic E-state index is 0.368. The third kappa shape index (κ3) is 2.21. The molecule has 15 heavy (non-hydrogen) atoms. The average Bonchev–Trinajstić information content (AvgIpc) is 2.30. The van der Waals surface area contributed by atoms with Crippen LogP contribution in [0.15, 0.2) is 18.3 Å². The Morgan fingerprint density at radius 1 is 1.33 bits per heavy atom. The summed E-state index contributed by atoms with van der Waals surface area (Å²) in [5.74, 6) is 0.816. The summed E-state index contributed by atoms with van der Waals surface area (Å²) in [5.41, 5.74) is 1.60. The van der Waals surface area contributed by atoms with Crippen LogP contribution in [0.2, 0.25) is 0 Å². The second-order valence-corrected chi connectivity index (χ2v) is 3.90. The van der Waals surface area contributed by atoms with Gasteiger partial charge < -0.3 is 0 Å². The van der Waals surface area contributed by atoms with Crippen molar-refractivity contribution < 1.29 is 4.79 Å². The number of hydrogen-bond acceptors (Lipinski definition) is 3. The van der Waals surface area contributed by atoms with Crippen molar-refractivity contribution in [2.75, 3.05) is 0 Å². The lowest BCUT2D eigenvalue weighted by atomic mass is 9.84. The molecule has 1 aromatic rings. The minimum absolute atomic E-state index is 0.368. The Morgan fingerprint density at radius 3 is 2.60 bits per heavy atom. The van der Waals surface area contributed by atoms with Gasteiger partial charge in [0.2, 0.25) is 0 Å². The molecule has 0 aliphatic heterocycles. The zero-order valence-corrected chi connectivity index (χ0v) is 8.44. The molecule has 3 nitrogen and oxygen atoms in total. The Balaban J connectivity index is 2.10. The van der Waals surface area contributed by atoms with E-state index in [4.69, 9.17) is 5.26 Å². The van der Waals surface area contributed by atoms with E-state index in [0.717, 1.165) is 18.4 Å². The molecule has 0 unspecified atom stereocenters. The van der Waals surface area contributed by atoms with Crippen molar-refractivity contribution >= 4 is 5.78 Å². The average molecular weight is 200 g/mol. The third-order valence-electron chi connectivity index (χ3n) is 2.92. The summed E-state index contributed by atoms with van der Waals surface area (Å²) in [5, 5.41) is 8.62. The fourth-order valence-electron chi connectivity index (χ4n) is 1.99. The first-order chi connectivity index (χ1) is 7.29. The highest BCUT2D eigenvalue weighted by atomic mass is 16.1. The molecule has 0 N–H and O–H groups in total. The Kier molecular flexibility index (Phi) is 2.77. The Bertz CT molecular complexity index is 393. The lowest BCUT2D eigenvalue weighted by Crippen LogP contribution is -2.12. The number of carbonyl (C=O) groups is 1. The molecule has 0 bridgehead atoms. The standard InChI is InChI=1S/C12H12N2O/c13-7-11-4-1-10(8-14-11)9-2-5-12(15)6-3-9/h1,4,8-9H,2-3,5-6H2. The monoisotopic (exact) mass is 200 g/mol. The second-order valence-electron chi connectivity index (χ2n) is 3.90. The van der Waals surface area contributed by atoms with Crippen LogP contribution >= 0.6 is 0 Å². The molecule has 1 aliphatic carbocycles. The van der Waals surface area contributed by atoms with Gasteiger partial charge in [0.1, 0.15) is 17.5 Å². The zero-order valence-electron chi connectivity index (χ0n) is 8.44. The van der Waals surface area contributed by atoms with Crippen molar-refractivity contribution in [1.29, 1.82) is 5.26 Å². The molecular weight excluding hydrogens is 188 g/mol. The van der Waals surface area contributed by atoms with Crippen LogP contribution in [0.1, 0.15) is 42.9 Å². The van der Waals surface area contributed by atoms with Crippen molar-refractivity contribution in [1.82, 2.24) is 4.98 Å². The molecule has 0 spiro atoms. The number of Topliss-reactive ketones (excluding diaryl/α,β-unsaturated/α-hetero) is 1. The Labute approximate surface area is 88.8 Å². The van der Waals surface area contributed by atoms with E-state index < -0.39 is 0 Å². The molecule has 1 saturated carbocycles. The van der Waals surface area contributed by atoms with Crippen molar-refractivity contribution in [2.24, 2.45) is 0 Å². The number of nitrogens with zero attached hydrogens (tertiary/aromatic N) is 2. The number of nitriles is 1. The molecule has 3 heteroatoms. The van der Waals surface area contributed by atoms with E-state index in [1.165, 1.54) is 0 Å². The molecule has 1 fully saturated rings. The predicted molar refractivity (Wildman–Crippen MR) is 55.2 cm³/mol. The first-order valence-corrected chi connectivity index (χ1v) is 5.17. The summed E-state index contributed by atoms with van der Waals surface area (Å²) in [4.78, 5) is 15.1. The Hall–Kier alpha value is -1.69. The quantitative estimate of drug-likeness (QED) is 0.698. The molecule has 0 saturated heterocycles. The van der Waals surface area contributed by atoms with E-state index >= 15 is 0 Å². The van der Waals surface area contributed by atoms with Crippen molar-refractivity contribution in [3.05, 3.63) is 29.6 Å². The largest absolute Gasteiger partial charge is 0.300 e. The minimum Gasteiger partial charge on any atom is -0.300 e. The predicted octanol–water partition coefficient (Wildman–Crippen LogP) is 2.18. The maximum Gasteiger partial charge on any atom is 0.140 e. The van der Waals surface area contributed by atoms with Gasteiger partial charge in [0.15, 0.2) is 0 Å². The van der Waals surface area contributed by atoms with Crippen LogP contribution in [0, 0.1) is 11.3 Å². The van der Waals surface area contributed by atoms with Crippen molar-refractivity contribution in [3.8, 4) is 6.07 Å². The first-order valence-electron chi connectivity index (χ1n) is 5.17. The van der Waals surface area contributed by atoms with Crippen LogP contribution in [0.3, 0.4) is 0 Å². The fourth-order valence-corrected chi connectivity index (χ4v) is 1.99. The summed E-state index contributed by atoms with van der Waals surface area (Å²) in [6.45, 7) is 0. The van der Waals surface area contributed by atoms with Crippen molar-refractivity contribution in [2.45, 2.75) is 31.6 Å². The number of carbonyl (C=O) groups excluding carboxylic acids is 1. The molecule has 0 amide bonds. The zero-order chi connectivity index (χ0) is 10.7. The van der Waals surface area contributed by atoms with Gasteiger partial charge in [-0.2, -0.15) is 5.26 Å². The normalized spacial score (nSPS) is 17.4. The smallest absolute Gasteiger partial charge is 0.140 e. The molecule has 0 aromatic carbocycles. The molecule has 1 aliphatic rings. The molecular formula is C12H12N2O. The summed E-state index contributed by atoms with van der Waals surface area (Å²) < 4.78 is 0. The van der Waals surface area contributed by atoms with Gasteiger partial charge in [-0.25, -0.2) is 4.98 Å². The van der Waals surface area contributed by atoms with Crippen LogP contribution in [-0.2, 0) is 4.79 Å². The third-order valence-corrected chi connectivity index (χ3v) is 2.92. The van der Waals surface area contributed by atoms with Crippen LogP contribution in [0.5, 0.6) is 0 Å². The van der Waals surface area contributed by atoms with Gasteiger partial charge in [0.25, 0.3) is 0 Å². The van der Waals surface area contributed by atoms with Gasteiger partial charge in [0, 0.05) is 19.0 Å². The highest BCUT2D eigenvalue weighted by Gasteiger charge is 2.20. The number of pyridine rings is 1. The van der Waals surface area contributed by atoms with E-state index in [1.54, 1.807) is 12.3 Å². The first kappa shape index (κ1) is 9.85. The number of ketones is 1. The van der Waals surface area contributed by atoms with Crippen LogP contribution in [0.4, 0.5) is 0 Å². The molecule has 1 heterocycles. The summed E-state index contributed by atoms with van der Waals surface area (Å²) in [6, 6.07) is 5.69. The van der Waals surface area contributed by atoms with Gasteiger partial charge in [0.05, 0.1) is 0 Å². The van der Waals surface area contributed by atoms with E-state index in [9.17, 15) is 4.79 Å². The van der Waals surface area contributed by atoms with Crippen LogP contribution in [-0.4, -0.2) is 10.8 Å². The number of rotatable bonds is 1. The van der Waals surface area contributed by atoms with Crippen molar-refractivity contribution in [3.63, 3.8) is 0 Å². The molecule has 1 aromatic heterocycles. The SMILES string of the molecule is N#Cc1ccc(C2CCC(=O)CC2)cn1.